The summed E-state index contributed by atoms with van der Waals surface area (Å²) in [6.45, 7) is 4.32. The van der Waals surface area contributed by atoms with Crippen LogP contribution in [-0.2, 0) is 14.8 Å². The van der Waals surface area contributed by atoms with Gasteiger partial charge in [-0.1, -0.05) is 23.1 Å². The Morgan fingerprint density at radius 3 is 2.29 bits per heavy atom. The average molecular weight is 535 g/mol. The number of carbonyl (C=O) groups excluding carboxylic acids is 1. The summed E-state index contributed by atoms with van der Waals surface area (Å²) in [4.78, 5) is 22.1. The summed E-state index contributed by atoms with van der Waals surface area (Å²) >= 11 is 4.62. The van der Waals surface area contributed by atoms with Gasteiger partial charge in [-0.05, 0) is 56.5 Å². The van der Waals surface area contributed by atoms with Crippen LogP contribution in [0.25, 0.3) is 20.4 Å². The maximum Gasteiger partial charge on any atom is 0.257 e. The molecular weight excluding hydrogens is 513 g/mol. The zero-order valence-corrected chi connectivity index (χ0v) is 21.9. The van der Waals surface area contributed by atoms with E-state index in [1.165, 1.54) is 39.9 Å². The second kappa shape index (κ2) is 9.17. The molecule has 0 radical (unpaired) electrons. The number of ether oxygens (including phenoxy) is 1. The van der Waals surface area contributed by atoms with Crippen LogP contribution in [0.1, 0.15) is 24.2 Å². The lowest BCUT2D eigenvalue weighted by molar-refractivity contribution is -0.0440. The van der Waals surface area contributed by atoms with Crippen molar-refractivity contribution < 1.29 is 17.9 Å². The fourth-order valence-corrected chi connectivity index (χ4v) is 8.16. The number of aromatic nitrogens is 2. The van der Waals surface area contributed by atoms with E-state index in [1.54, 1.807) is 23.1 Å². The number of anilines is 1. The Bertz CT molecular complexity index is 1470. The zero-order chi connectivity index (χ0) is 24.0. The first-order valence-electron chi connectivity index (χ1n) is 10.6. The molecule has 1 saturated heterocycles. The highest BCUT2D eigenvalue weighted by molar-refractivity contribution is 8.00. The van der Waals surface area contributed by atoms with Gasteiger partial charge in [-0.15, -0.1) is 11.3 Å². The minimum atomic E-state index is -3.66. The minimum absolute atomic E-state index is 0.155. The lowest BCUT2D eigenvalue weighted by Gasteiger charge is -2.34. The summed E-state index contributed by atoms with van der Waals surface area (Å²) < 4.78 is 36.2. The number of amides is 1. The van der Waals surface area contributed by atoms with Gasteiger partial charge in [-0.3, -0.25) is 10.1 Å². The third kappa shape index (κ3) is 4.45. The van der Waals surface area contributed by atoms with Crippen molar-refractivity contribution in [3.63, 3.8) is 0 Å². The maximum atomic E-state index is 13.0. The predicted molar refractivity (Wildman–Crippen MR) is 138 cm³/mol. The molecule has 8 nitrogen and oxygen atoms in total. The molecule has 5 rings (SSSR count). The van der Waals surface area contributed by atoms with Gasteiger partial charge < -0.3 is 4.74 Å². The van der Waals surface area contributed by atoms with Crippen LogP contribution in [0.5, 0.6) is 0 Å². The molecule has 2 aromatic heterocycles. The topological polar surface area (TPSA) is 101 Å². The number of nitrogens with zero attached hydrogens (tertiary/aromatic N) is 3. The number of sulfonamides is 1. The number of benzene rings is 2. The molecule has 2 atom stereocenters. The first-order valence-corrected chi connectivity index (χ1v) is 14.9. The Labute approximate surface area is 209 Å². The van der Waals surface area contributed by atoms with Crippen LogP contribution in [0, 0.1) is 0 Å². The fraction of sp³-hybridized carbons (Fsp3) is 0.318. The summed E-state index contributed by atoms with van der Waals surface area (Å²) in [5.74, 6) is -0.345. The van der Waals surface area contributed by atoms with E-state index in [9.17, 15) is 13.2 Å². The molecule has 34 heavy (non-hydrogen) atoms. The zero-order valence-electron chi connectivity index (χ0n) is 18.6. The van der Waals surface area contributed by atoms with Crippen molar-refractivity contribution in [1.29, 1.82) is 0 Å². The van der Waals surface area contributed by atoms with E-state index in [1.807, 2.05) is 32.2 Å². The van der Waals surface area contributed by atoms with Crippen LogP contribution in [0.15, 0.2) is 45.6 Å². The first kappa shape index (κ1) is 23.6. The van der Waals surface area contributed by atoms with Gasteiger partial charge >= 0.3 is 0 Å². The van der Waals surface area contributed by atoms with Gasteiger partial charge in [0.15, 0.2) is 9.47 Å². The molecule has 0 spiro atoms. The number of rotatable bonds is 5. The van der Waals surface area contributed by atoms with Crippen molar-refractivity contribution in [2.75, 3.05) is 24.7 Å². The average Bonchev–Trinajstić information content (AvgIpc) is 3.41. The van der Waals surface area contributed by atoms with Gasteiger partial charge in [0.2, 0.25) is 10.0 Å². The SMILES string of the molecule is CSc1nc2ccc3nc(NC(=O)c4ccc(S(=O)(=O)N5C[C@@H](C)O[C@H](C)C5)cc4)sc3c2s1. The number of thiazole rings is 2. The van der Waals surface area contributed by atoms with Crippen LogP contribution in [0.3, 0.4) is 0 Å². The summed E-state index contributed by atoms with van der Waals surface area (Å²) in [7, 11) is -3.66. The van der Waals surface area contributed by atoms with E-state index >= 15 is 0 Å². The summed E-state index contributed by atoms with van der Waals surface area (Å²) in [5.41, 5.74) is 2.08. The van der Waals surface area contributed by atoms with Gasteiger partial charge in [0.05, 0.1) is 37.5 Å². The lowest BCUT2D eigenvalue weighted by atomic mass is 10.2. The van der Waals surface area contributed by atoms with Gasteiger partial charge in [0.25, 0.3) is 5.91 Å². The standard InChI is InChI=1S/C22H22N4O4S4/c1-12-10-26(11-13(2)30-12)34(28,29)15-6-4-14(5-7-15)20(27)25-21-23-16-8-9-17-19(18(16)32-21)33-22(24-17)31-3/h4-9,12-13H,10-11H2,1-3H3,(H,23,25,27)/t12-,13-/m1/s1. The third-order valence-corrected chi connectivity index (χ3v) is 10.5. The monoisotopic (exact) mass is 534 g/mol. The van der Waals surface area contributed by atoms with Crippen LogP contribution in [0.2, 0.25) is 0 Å². The van der Waals surface area contributed by atoms with Crippen molar-refractivity contribution >= 4 is 75.9 Å². The number of thioether (sulfide) groups is 1. The van der Waals surface area contributed by atoms with Crippen molar-refractivity contribution in [1.82, 2.24) is 14.3 Å². The van der Waals surface area contributed by atoms with Crippen LogP contribution >= 0.6 is 34.4 Å². The van der Waals surface area contributed by atoms with E-state index in [4.69, 9.17) is 4.74 Å². The molecule has 3 heterocycles. The molecule has 1 aliphatic rings. The molecule has 0 aliphatic carbocycles. The summed E-state index contributed by atoms with van der Waals surface area (Å²) in [5, 5.41) is 3.32. The molecule has 1 fully saturated rings. The normalized spacial score (nSPS) is 19.6. The quantitative estimate of drug-likeness (QED) is 0.371. The second-order valence-electron chi connectivity index (χ2n) is 8.02. The lowest BCUT2D eigenvalue weighted by Crippen LogP contribution is -2.48. The minimum Gasteiger partial charge on any atom is -0.373 e. The Hall–Kier alpha value is -2.09. The second-order valence-corrected chi connectivity index (χ2v) is 13.0. The first-order chi connectivity index (χ1) is 16.2. The molecule has 0 unspecified atom stereocenters. The number of nitrogens with one attached hydrogen (secondary N) is 1. The Kier molecular flexibility index (Phi) is 6.38. The van der Waals surface area contributed by atoms with Crippen LogP contribution in [-0.4, -0.2) is 60.2 Å². The third-order valence-electron chi connectivity index (χ3n) is 5.43. The highest BCUT2D eigenvalue weighted by atomic mass is 32.2. The molecule has 1 N–H and O–H groups in total. The van der Waals surface area contributed by atoms with E-state index in [2.05, 4.69) is 15.3 Å². The smallest absolute Gasteiger partial charge is 0.257 e. The number of morpholine rings is 1. The molecule has 2 aromatic carbocycles. The Morgan fingerprint density at radius 2 is 1.65 bits per heavy atom. The van der Waals surface area contributed by atoms with E-state index < -0.39 is 10.0 Å². The van der Waals surface area contributed by atoms with Crippen molar-refractivity contribution in [2.24, 2.45) is 0 Å². The maximum absolute atomic E-state index is 13.0. The number of hydrogen-bond acceptors (Lipinski definition) is 9. The van der Waals surface area contributed by atoms with Gasteiger partial charge in [-0.25, -0.2) is 18.4 Å². The Morgan fingerprint density at radius 1 is 1.03 bits per heavy atom. The van der Waals surface area contributed by atoms with Crippen molar-refractivity contribution in [2.45, 2.75) is 35.3 Å². The van der Waals surface area contributed by atoms with Gasteiger partial charge in [-0.2, -0.15) is 4.31 Å². The highest BCUT2D eigenvalue weighted by Gasteiger charge is 2.32. The van der Waals surface area contributed by atoms with Crippen molar-refractivity contribution in [3.05, 3.63) is 42.0 Å². The Balaban J connectivity index is 1.35. The predicted octanol–water partition coefficient (Wildman–Crippen LogP) is 4.68. The van der Waals surface area contributed by atoms with Crippen molar-refractivity contribution in [3.8, 4) is 0 Å². The number of fused-ring (bicyclic) bond motifs is 3. The summed E-state index contributed by atoms with van der Waals surface area (Å²) in [6, 6.07) is 9.83. The highest BCUT2D eigenvalue weighted by Crippen LogP contribution is 2.38. The molecule has 0 saturated carbocycles. The van der Waals surface area contributed by atoms with E-state index in [-0.39, 0.29) is 23.0 Å². The van der Waals surface area contributed by atoms with Gasteiger partial charge in [0.1, 0.15) is 0 Å². The van der Waals surface area contributed by atoms with Crippen LogP contribution < -0.4 is 5.32 Å². The van der Waals surface area contributed by atoms with Gasteiger partial charge in [0, 0.05) is 18.7 Å². The largest absolute Gasteiger partial charge is 0.373 e. The number of carbonyl (C=O) groups is 1. The fourth-order valence-electron chi connectivity index (χ4n) is 3.92. The number of hydrogen-bond donors (Lipinski definition) is 1. The van der Waals surface area contributed by atoms with E-state index in [0.29, 0.717) is 23.8 Å². The summed E-state index contributed by atoms with van der Waals surface area (Å²) in [6.07, 6.45) is 1.65. The molecule has 1 aliphatic heterocycles. The van der Waals surface area contributed by atoms with E-state index in [0.717, 1.165) is 24.8 Å². The molecule has 1 amide bonds. The molecule has 12 heteroatoms. The molecule has 0 bridgehead atoms. The molecule has 4 aromatic rings. The molecular formula is C22H22N4O4S4. The molecule has 178 valence electrons. The van der Waals surface area contributed by atoms with Crippen LogP contribution in [0.4, 0.5) is 5.13 Å².